The number of nitrogens with zero attached hydrogens (tertiary/aromatic N) is 1. The Hall–Kier alpha value is -1.32. The van der Waals surface area contributed by atoms with Crippen molar-refractivity contribution in [2.45, 2.75) is 13.8 Å². The summed E-state index contributed by atoms with van der Waals surface area (Å²) in [6, 6.07) is 13.1. The fraction of sp³-hybridized carbons (Fsp3) is 0.188. The lowest BCUT2D eigenvalue weighted by atomic mass is 10.1. The summed E-state index contributed by atoms with van der Waals surface area (Å²) in [4.78, 5) is 14.4. The van der Waals surface area contributed by atoms with Crippen LogP contribution in [0.1, 0.15) is 22.8 Å². The molecule has 0 saturated heterocycles. The summed E-state index contributed by atoms with van der Waals surface area (Å²) >= 11 is 9.32. The number of amides is 1. The molecule has 0 saturated carbocycles. The first kappa shape index (κ1) is 15.1. The third kappa shape index (κ3) is 3.22. The minimum atomic E-state index is -0.0401. The Labute approximate surface area is 132 Å². The van der Waals surface area contributed by atoms with Gasteiger partial charge in [-0.1, -0.05) is 23.7 Å². The van der Waals surface area contributed by atoms with Gasteiger partial charge < -0.3 is 4.90 Å². The van der Waals surface area contributed by atoms with E-state index in [2.05, 4.69) is 15.9 Å². The number of halogens is 2. The first-order valence-corrected chi connectivity index (χ1v) is 7.53. The lowest BCUT2D eigenvalue weighted by Crippen LogP contribution is -2.30. The molecule has 20 heavy (non-hydrogen) atoms. The minimum Gasteiger partial charge on any atom is -0.309 e. The Morgan fingerprint density at radius 1 is 1.25 bits per heavy atom. The molecular formula is C16H15BrClNO. The van der Waals surface area contributed by atoms with Crippen LogP contribution in [0.25, 0.3) is 0 Å². The molecule has 0 atom stereocenters. The van der Waals surface area contributed by atoms with E-state index < -0.39 is 0 Å². The van der Waals surface area contributed by atoms with Gasteiger partial charge in [-0.2, -0.15) is 0 Å². The molecule has 104 valence electrons. The summed E-state index contributed by atoms with van der Waals surface area (Å²) in [5.41, 5.74) is 2.64. The number of anilines is 1. The van der Waals surface area contributed by atoms with Crippen molar-refractivity contribution in [1.82, 2.24) is 0 Å². The maximum absolute atomic E-state index is 12.7. The maximum Gasteiger partial charge on any atom is 0.259 e. The van der Waals surface area contributed by atoms with Gasteiger partial charge in [-0.05, 0) is 65.7 Å². The molecule has 0 aliphatic carbocycles. The molecule has 0 N–H and O–H groups in total. The molecular weight excluding hydrogens is 338 g/mol. The molecule has 2 aromatic carbocycles. The summed E-state index contributed by atoms with van der Waals surface area (Å²) in [6.07, 6.45) is 0. The normalized spacial score (nSPS) is 10.4. The van der Waals surface area contributed by atoms with Gasteiger partial charge in [0.1, 0.15) is 0 Å². The van der Waals surface area contributed by atoms with Gasteiger partial charge in [0.2, 0.25) is 0 Å². The minimum absolute atomic E-state index is 0.0401. The average Bonchev–Trinajstić information content (AvgIpc) is 2.39. The highest BCUT2D eigenvalue weighted by atomic mass is 79.9. The second-order valence-corrected chi connectivity index (χ2v) is 5.80. The van der Waals surface area contributed by atoms with Crippen LogP contribution in [-0.4, -0.2) is 12.5 Å². The first-order chi connectivity index (χ1) is 9.52. The smallest absolute Gasteiger partial charge is 0.259 e. The van der Waals surface area contributed by atoms with Crippen molar-refractivity contribution in [2.75, 3.05) is 11.4 Å². The highest BCUT2D eigenvalue weighted by Crippen LogP contribution is 2.25. The fourth-order valence-corrected chi connectivity index (χ4v) is 2.90. The van der Waals surface area contributed by atoms with Crippen LogP contribution in [0.2, 0.25) is 5.02 Å². The van der Waals surface area contributed by atoms with Crippen LogP contribution in [0.3, 0.4) is 0 Å². The molecule has 2 nitrogen and oxygen atoms in total. The molecule has 0 unspecified atom stereocenters. The molecule has 0 aliphatic rings. The average molecular weight is 353 g/mol. The molecule has 2 rings (SSSR count). The molecule has 0 heterocycles. The van der Waals surface area contributed by atoms with Gasteiger partial charge in [-0.3, -0.25) is 4.79 Å². The molecule has 0 spiro atoms. The number of aryl methyl sites for hydroxylation is 1. The van der Waals surface area contributed by atoms with E-state index in [1.807, 2.05) is 38.1 Å². The summed E-state index contributed by atoms with van der Waals surface area (Å²) < 4.78 is 0.709. The van der Waals surface area contributed by atoms with E-state index in [-0.39, 0.29) is 5.91 Å². The second kappa shape index (κ2) is 6.42. The highest BCUT2D eigenvalue weighted by Gasteiger charge is 2.18. The van der Waals surface area contributed by atoms with E-state index in [4.69, 9.17) is 11.6 Å². The Balaban J connectivity index is 2.39. The van der Waals surface area contributed by atoms with Crippen molar-refractivity contribution in [3.63, 3.8) is 0 Å². The van der Waals surface area contributed by atoms with E-state index in [0.717, 1.165) is 11.3 Å². The van der Waals surface area contributed by atoms with Crippen molar-refractivity contribution in [3.05, 3.63) is 63.1 Å². The van der Waals surface area contributed by atoms with Crippen LogP contribution >= 0.6 is 27.5 Å². The van der Waals surface area contributed by atoms with Crippen molar-refractivity contribution in [1.29, 1.82) is 0 Å². The van der Waals surface area contributed by atoms with Crippen molar-refractivity contribution in [2.24, 2.45) is 0 Å². The molecule has 0 fully saturated rings. The zero-order valence-corrected chi connectivity index (χ0v) is 13.7. The van der Waals surface area contributed by atoms with Crippen molar-refractivity contribution in [3.8, 4) is 0 Å². The van der Waals surface area contributed by atoms with E-state index >= 15 is 0 Å². The highest BCUT2D eigenvalue weighted by molar-refractivity contribution is 9.10. The largest absolute Gasteiger partial charge is 0.309 e. The van der Waals surface area contributed by atoms with E-state index in [1.165, 1.54) is 0 Å². The van der Waals surface area contributed by atoms with Crippen LogP contribution in [-0.2, 0) is 0 Å². The number of carbonyl (C=O) groups excluding carboxylic acids is 1. The molecule has 4 heteroatoms. The zero-order chi connectivity index (χ0) is 14.7. The third-order valence-electron chi connectivity index (χ3n) is 3.04. The van der Waals surface area contributed by atoms with Gasteiger partial charge in [0, 0.05) is 21.7 Å². The van der Waals surface area contributed by atoms with Gasteiger partial charge in [0.25, 0.3) is 5.91 Å². The molecule has 2 aromatic rings. The molecule has 0 aliphatic heterocycles. The van der Waals surface area contributed by atoms with Gasteiger partial charge in [0.05, 0.1) is 5.56 Å². The predicted molar refractivity (Wildman–Crippen MR) is 87.7 cm³/mol. The second-order valence-electron chi connectivity index (χ2n) is 4.51. The molecule has 1 amide bonds. The monoisotopic (exact) mass is 351 g/mol. The van der Waals surface area contributed by atoms with Gasteiger partial charge >= 0.3 is 0 Å². The summed E-state index contributed by atoms with van der Waals surface area (Å²) in [7, 11) is 0. The van der Waals surface area contributed by atoms with Crippen LogP contribution < -0.4 is 4.90 Å². The first-order valence-electron chi connectivity index (χ1n) is 6.36. The Bertz CT molecular complexity index is 642. The molecule has 0 bridgehead atoms. The van der Waals surface area contributed by atoms with Gasteiger partial charge in [-0.25, -0.2) is 0 Å². The van der Waals surface area contributed by atoms with Crippen molar-refractivity contribution >= 4 is 39.1 Å². The topological polar surface area (TPSA) is 20.3 Å². The number of hydrogen-bond acceptors (Lipinski definition) is 1. The van der Waals surface area contributed by atoms with E-state index in [9.17, 15) is 4.79 Å². The Kier molecular flexibility index (Phi) is 4.84. The third-order valence-corrected chi connectivity index (χ3v) is 3.93. The van der Waals surface area contributed by atoms with E-state index in [1.54, 1.807) is 23.1 Å². The quantitative estimate of drug-likeness (QED) is 0.754. The Morgan fingerprint density at radius 2 is 2.00 bits per heavy atom. The lowest BCUT2D eigenvalue weighted by molar-refractivity contribution is 0.0987. The van der Waals surface area contributed by atoms with Crippen LogP contribution in [0, 0.1) is 6.92 Å². The maximum atomic E-state index is 12.7. The SMILES string of the molecule is CCN(C(=O)c1ccc(Cl)cc1Br)c1cccc(C)c1. The number of carbonyl (C=O) groups is 1. The molecule has 0 radical (unpaired) electrons. The van der Waals surface area contributed by atoms with Crippen LogP contribution in [0.15, 0.2) is 46.9 Å². The lowest BCUT2D eigenvalue weighted by Gasteiger charge is -2.22. The van der Waals surface area contributed by atoms with Crippen LogP contribution in [0.5, 0.6) is 0 Å². The summed E-state index contributed by atoms with van der Waals surface area (Å²) in [5.74, 6) is -0.0401. The zero-order valence-electron chi connectivity index (χ0n) is 11.4. The Morgan fingerprint density at radius 3 is 2.60 bits per heavy atom. The van der Waals surface area contributed by atoms with Gasteiger partial charge in [-0.15, -0.1) is 0 Å². The summed E-state index contributed by atoms with van der Waals surface area (Å²) in [5, 5.41) is 0.604. The summed E-state index contributed by atoms with van der Waals surface area (Å²) in [6.45, 7) is 4.58. The predicted octanol–water partition coefficient (Wildman–Crippen LogP) is 5.08. The molecule has 0 aromatic heterocycles. The van der Waals surface area contributed by atoms with Gasteiger partial charge in [0.15, 0.2) is 0 Å². The van der Waals surface area contributed by atoms with Crippen LogP contribution in [0.4, 0.5) is 5.69 Å². The number of benzene rings is 2. The fourth-order valence-electron chi connectivity index (χ4n) is 2.05. The standard InChI is InChI=1S/C16H15BrClNO/c1-3-19(13-6-4-5-11(2)9-13)16(20)14-8-7-12(18)10-15(14)17/h4-10H,3H2,1-2H3. The number of hydrogen-bond donors (Lipinski definition) is 0. The van der Waals surface area contributed by atoms with Crippen molar-refractivity contribution < 1.29 is 4.79 Å². The number of rotatable bonds is 3. The van der Waals surface area contributed by atoms with E-state index in [0.29, 0.717) is 21.6 Å².